The highest BCUT2D eigenvalue weighted by atomic mass is 32.2. The van der Waals surface area contributed by atoms with Gasteiger partial charge in [-0.25, -0.2) is 4.98 Å². The van der Waals surface area contributed by atoms with Crippen LogP contribution in [0.4, 0.5) is 0 Å². The summed E-state index contributed by atoms with van der Waals surface area (Å²) in [5.74, 6) is 0.286. The fourth-order valence-corrected chi connectivity index (χ4v) is 3.37. The lowest BCUT2D eigenvalue weighted by molar-refractivity contribution is -0.00596. The van der Waals surface area contributed by atoms with E-state index in [9.17, 15) is 4.79 Å². The number of pyridine rings is 1. The second kappa shape index (κ2) is 6.25. The van der Waals surface area contributed by atoms with E-state index >= 15 is 0 Å². The Kier molecular flexibility index (Phi) is 3.95. The van der Waals surface area contributed by atoms with Crippen LogP contribution < -0.4 is 0 Å². The third-order valence-corrected chi connectivity index (χ3v) is 4.62. The number of carbonyl (C=O) groups excluding carboxylic acids is 1. The van der Waals surface area contributed by atoms with E-state index < -0.39 is 0 Å². The number of imidazole rings is 1. The minimum atomic E-state index is -0.372. The van der Waals surface area contributed by atoms with Crippen LogP contribution in [0.2, 0.25) is 0 Å². The maximum absolute atomic E-state index is 13.1. The summed E-state index contributed by atoms with van der Waals surface area (Å²) in [4.78, 5) is 23.4. The zero-order valence-electron chi connectivity index (χ0n) is 13.0. The standard InChI is InChI=1S/C15H15N5O3S/c1-24-15-17-12(10-4-2-3-5-20(10)15)14(21)19-6-7-22-8-11(19)13-16-9-23-18-13/h2-5,9,11H,6-8H2,1H3/t11-/m1/s1. The summed E-state index contributed by atoms with van der Waals surface area (Å²) in [5.41, 5.74) is 1.21. The molecule has 0 aromatic carbocycles. The highest BCUT2D eigenvalue weighted by Crippen LogP contribution is 2.26. The van der Waals surface area contributed by atoms with E-state index in [2.05, 4.69) is 15.1 Å². The number of ether oxygens (including phenoxy) is 1. The minimum absolute atomic E-state index is 0.155. The molecule has 9 heteroatoms. The van der Waals surface area contributed by atoms with E-state index in [1.54, 1.807) is 4.90 Å². The minimum Gasteiger partial charge on any atom is -0.377 e. The predicted molar refractivity (Wildman–Crippen MR) is 85.9 cm³/mol. The van der Waals surface area contributed by atoms with Crippen LogP contribution in [0.15, 0.2) is 40.5 Å². The van der Waals surface area contributed by atoms with Gasteiger partial charge in [0.1, 0.15) is 6.04 Å². The number of nitrogens with zero attached hydrogens (tertiary/aromatic N) is 5. The topological polar surface area (TPSA) is 85.8 Å². The van der Waals surface area contributed by atoms with Crippen molar-refractivity contribution >= 4 is 23.2 Å². The summed E-state index contributed by atoms with van der Waals surface area (Å²) in [7, 11) is 0. The third kappa shape index (κ3) is 2.45. The van der Waals surface area contributed by atoms with E-state index in [4.69, 9.17) is 9.26 Å². The van der Waals surface area contributed by atoms with E-state index in [0.717, 1.165) is 10.7 Å². The smallest absolute Gasteiger partial charge is 0.275 e. The van der Waals surface area contributed by atoms with Gasteiger partial charge in [0, 0.05) is 12.7 Å². The van der Waals surface area contributed by atoms with Gasteiger partial charge >= 0.3 is 0 Å². The molecule has 1 fully saturated rings. The van der Waals surface area contributed by atoms with Crippen molar-refractivity contribution in [1.29, 1.82) is 0 Å². The zero-order valence-corrected chi connectivity index (χ0v) is 13.8. The normalized spacial score (nSPS) is 18.2. The average molecular weight is 345 g/mol. The molecular weight excluding hydrogens is 330 g/mol. The molecule has 0 N–H and O–H groups in total. The number of amides is 1. The Morgan fingerprint density at radius 1 is 1.42 bits per heavy atom. The van der Waals surface area contributed by atoms with Gasteiger partial charge < -0.3 is 14.2 Å². The van der Waals surface area contributed by atoms with Crippen LogP contribution in [-0.2, 0) is 4.74 Å². The lowest BCUT2D eigenvalue weighted by Gasteiger charge is -2.33. The molecule has 1 saturated heterocycles. The first-order valence-electron chi connectivity index (χ1n) is 7.45. The average Bonchev–Trinajstić information content (AvgIpc) is 3.29. The molecular formula is C15H15N5O3S. The SMILES string of the molecule is CSc1nc(C(=O)N2CCOC[C@@H]2c2ncon2)c2ccccn12. The highest BCUT2D eigenvalue weighted by Gasteiger charge is 2.34. The van der Waals surface area contributed by atoms with Gasteiger partial charge in [-0.05, 0) is 18.4 Å². The lowest BCUT2D eigenvalue weighted by atomic mass is 10.2. The highest BCUT2D eigenvalue weighted by molar-refractivity contribution is 7.98. The molecule has 1 atom stereocenters. The molecule has 4 heterocycles. The van der Waals surface area contributed by atoms with E-state index in [0.29, 0.717) is 31.3 Å². The van der Waals surface area contributed by atoms with Gasteiger partial charge in [0.15, 0.2) is 16.7 Å². The van der Waals surface area contributed by atoms with Crippen molar-refractivity contribution in [2.75, 3.05) is 26.0 Å². The van der Waals surface area contributed by atoms with Gasteiger partial charge in [-0.3, -0.25) is 9.20 Å². The predicted octanol–water partition coefficient (Wildman–Crippen LogP) is 1.65. The van der Waals surface area contributed by atoms with Crippen molar-refractivity contribution in [3.8, 4) is 0 Å². The number of hydrogen-bond donors (Lipinski definition) is 0. The Hall–Kier alpha value is -2.39. The fraction of sp³-hybridized carbons (Fsp3) is 0.333. The molecule has 0 radical (unpaired) electrons. The van der Waals surface area contributed by atoms with E-state index in [1.807, 2.05) is 35.1 Å². The summed E-state index contributed by atoms with van der Waals surface area (Å²) in [6.45, 7) is 1.27. The largest absolute Gasteiger partial charge is 0.377 e. The van der Waals surface area contributed by atoms with Gasteiger partial charge in [0.25, 0.3) is 5.91 Å². The molecule has 1 amide bonds. The summed E-state index contributed by atoms with van der Waals surface area (Å²) in [5, 5.41) is 4.64. The number of carbonyl (C=O) groups is 1. The Balaban J connectivity index is 1.75. The monoisotopic (exact) mass is 345 g/mol. The Morgan fingerprint density at radius 3 is 3.12 bits per heavy atom. The van der Waals surface area contributed by atoms with Crippen molar-refractivity contribution in [3.05, 3.63) is 42.3 Å². The van der Waals surface area contributed by atoms with Crippen molar-refractivity contribution in [1.82, 2.24) is 24.4 Å². The number of aromatic nitrogens is 4. The maximum atomic E-state index is 13.1. The number of fused-ring (bicyclic) bond motifs is 1. The van der Waals surface area contributed by atoms with Crippen molar-refractivity contribution in [2.24, 2.45) is 0 Å². The first-order chi connectivity index (χ1) is 11.8. The van der Waals surface area contributed by atoms with Crippen LogP contribution in [0, 0.1) is 0 Å². The lowest BCUT2D eigenvalue weighted by Crippen LogP contribution is -2.44. The number of thioether (sulfide) groups is 1. The maximum Gasteiger partial charge on any atom is 0.275 e. The van der Waals surface area contributed by atoms with Gasteiger partial charge in [-0.1, -0.05) is 23.0 Å². The summed E-state index contributed by atoms with van der Waals surface area (Å²) >= 11 is 1.50. The van der Waals surface area contributed by atoms with Crippen LogP contribution in [0.3, 0.4) is 0 Å². The fourth-order valence-electron chi connectivity index (χ4n) is 2.83. The summed E-state index contributed by atoms with van der Waals surface area (Å²) in [6, 6.07) is 5.33. The number of hydrogen-bond acceptors (Lipinski definition) is 7. The van der Waals surface area contributed by atoms with Gasteiger partial charge in [0.2, 0.25) is 6.39 Å². The molecule has 0 spiro atoms. The summed E-state index contributed by atoms with van der Waals surface area (Å²) < 4.78 is 12.2. The molecule has 0 saturated carbocycles. The Bertz CT molecular complexity index is 863. The second-order valence-corrected chi connectivity index (χ2v) is 6.06. The Morgan fingerprint density at radius 2 is 2.33 bits per heavy atom. The van der Waals surface area contributed by atoms with Crippen LogP contribution in [0.25, 0.3) is 5.52 Å². The molecule has 0 aliphatic carbocycles. The molecule has 8 nitrogen and oxygen atoms in total. The van der Waals surface area contributed by atoms with Crippen molar-refractivity contribution < 1.29 is 14.1 Å². The molecule has 1 aliphatic heterocycles. The molecule has 3 aromatic heterocycles. The third-order valence-electron chi connectivity index (χ3n) is 3.97. The number of rotatable bonds is 3. The van der Waals surface area contributed by atoms with Crippen LogP contribution >= 0.6 is 11.8 Å². The van der Waals surface area contributed by atoms with Crippen molar-refractivity contribution in [2.45, 2.75) is 11.2 Å². The summed E-state index contributed by atoms with van der Waals surface area (Å²) in [6.07, 6.45) is 5.10. The molecule has 24 heavy (non-hydrogen) atoms. The molecule has 0 unspecified atom stereocenters. The van der Waals surface area contributed by atoms with Gasteiger partial charge in [-0.2, -0.15) is 4.98 Å². The molecule has 1 aliphatic rings. The molecule has 4 rings (SSSR count). The van der Waals surface area contributed by atoms with Crippen LogP contribution in [0.5, 0.6) is 0 Å². The van der Waals surface area contributed by atoms with Crippen LogP contribution in [-0.4, -0.2) is 56.3 Å². The Labute approximate surface area is 141 Å². The zero-order chi connectivity index (χ0) is 16.5. The van der Waals surface area contributed by atoms with Gasteiger partial charge in [0.05, 0.1) is 18.7 Å². The molecule has 3 aromatic rings. The van der Waals surface area contributed by atoms with E-state index in [-0.39, 0.29) is 11.9 Å². The molecule has 124 valence electrons. The van der Waals surface area contributed by atoms with E-state index in [1.165, 1.54) is 18.2 Å². The van der Waals surface area contributed by atoms with Crippen LogP contribution in [0.1, 0.15) is 22.4 Å². The quantitative estimate of drug-likeness (QED) is 0.667. The second-order valence-electron chi connectivity index (χ2n) is 5.28. The molecule has 0 bridgehead atoms. The van der Waals surface area contributed by atoms with Gasteiger partial charge in [-0.15, -0.1) is 0 Å². The first-order valence-corrected chi connectivity index (χ1v) is 8.68. The number of morpholine rings is 1. The first kappa shape index (κ1) is 15.2. The van der Waals surface area contributed by atoms with Crippen molar-refractivity contribution in [3.63, 3.8) is 0 Å².